The average Bonchev–Trinajstić information content (AvgIpc) is 3.37. The van der Waals surface area contributed by atoms with Crippen LogP contribution < -0.4 is 5.10 Å². The Labute approximate surface area is 232 Å². The van der Waals surface area contributed by atoms with Gasteiger partial charge in [0.15, 0.2) is 0 Å². The Morgan fingerprint density at radius 3 is 2.32 bits per heavy atom. The van der Waals surface area contributed by atoms with E-state index >= 15 is 0 Å². The van der Waals surface area contributed by atoms with E-state index in [0.717, 1.165) is 0 Å². The first-order chi connectivity index (χ1) is 17.2. The first-order valence-electron chi connectivity index (χ1n) is 11.5. The number of aryl methyl sites for hydroxylation is 1. The van der Waals surface area contributed by atoms with E-state index in [1.165, 1.54) is 16.9 Å². The SMILES string of the molecule is Cn1nc(C(C)(C)C)c(N=Nc2[n-]nc(C(C)(C)C)c2C#N)c1[N-]S(=O)(=O)c1cccc2cccnc12.[Fe+2]. The Kier molecular flexibility index (Phi) is 7.84. The quantitative estimate of drug-likeness (QED) is 0.223. The van der Waals surface area contributed by atoms with Crippen LogP contribution in [-0.4, -0.2) is 28.3 Å². The van der Waals surface area contributed by atoms with Gasteiger partial charge in [0, 0.05) is 22.4 Å². The molecule has 0 N–H and O–H groups in total. The number of aromatic nitrogens is 5. The Morgan fingerprint density at radius 2 is 1.68 bits per heavy atom. The van der Waals surface area contributed by atoms with Gasteiger partial charge in [-0.3, -0.25) is 20.3 Å². The summed E-state index contributed by atoms with van der Waals surface area (Å²) in [7, 11) is -2.62. The summed E-state index contributed by atoms with van der Waals surface area (Å²) in [4.78, 5) is 4.21. The molecular weight excluding hydrogens is 546 g/mol. The van der Waals surface area contributed by atoms with Crippen LogP contribution in [-0.2, 0) is 45.0 Å². The molecule has 0 bridgehead atoms. The number of fused-ring (bicyclic) bond motifs is 1. The molecule has 4 aromatic rings. The predicted molar refractivity (Wildman–Crippen MR) is 139 cm³/mol. The van der Waals surface area contributed by atoms with Crippen molar-refractivity contribution in [1.82, 2.24) is 25.0 Å². The molecule has 0 amide bonds. The minimum atomic E-state index is -4.21. The van der Waals surface area contributed by atoms with Crippen molar-refractivity contribution in [1.29, 1.82) is 5.26 Å². The first-order valence-corrected chi connectivity index (χ1v) is 12.9. The summed E-state index contributed by atoms with van der Waals surface area (Å²) < 4.78 is 32.4. The van der Waals surface area contributed by atoms with Gasteiger partial charge in [-0.2, -0.15) is 5.26 Å². The first kappa shape index (κ1) is 29.0. The van der Waals surface area contributed by atoms with Crippen molar-refractivity contribution in [2.24, 2.45) is 17.3 Å². The number of hydrogen-bond donors (Lipinski definition) is 0. The number of nitriles is 1. The Balaban J connectivity index is 0.00000400. The number of azo groups is 1. The minimum absolute atomic E-state index is 0. The minimum Gasteiger partial charge on any atom is -0.377 e. The van der Waals surface area contributed by atoms with Crippen molar-refractivity contribution in [2.75, 3.05) is 0 Å². The van der Waals surface area contributed by atoms with Gasteiger partial charge in [0.2, 0.25) is 10.0 Å². The Morgan fingerprint density at radius 1 is 1.03 bits per heavy atom. The van der Waals surface area contributed by atoms with Gasteiger partial charge in [-0.1, -0.05) is 59.7 Å². The molecule has 0 aliphatic carbocycles. The fourth-order valence-corrected chi connectivity index (χ4v) is 4.95. The molecule has 0 fully saturated rings. The Hall–Kier alpha value is -3.59. The van der Waals surface area contributed by atoms with Crippen molar-refractivity contribution in [3.8, 4) is 6.07 Å². The molecule has 0 aliphatic rings. The number of sulfonamides is 1. The third kappa shape index (κ3) is 5.48. The van der Waals surface area contributed by atoms with Crippen LogP contribution in [0.2, 0.25) is 0 Å². The molecular formula is C25H27FeN9O2S. The summed E-state index contributed by atoms with van der Waals surface area (Å²) >= 11 is 0. The van der Waals surface area contributed by atoms with Crippen LogP contribution in [0.4, 0.5) is 17.3 Å². The normalized spacial score (nSPS) is 12.5. The zero-order chi connectivity index (χ0) is 27.2. The van der Waals surface area contributed by atoms with Crippen LogP contribution in [0.25, 0.3) is 15.6 Å². The number of benzene rings is 1. The van der Waals surface area contributed by atoms with E-state index in [9.17, 15) is 13.7 Å². The summed E-state index contributed by atoms with van der Waals surface area (Å²) in [6, 6.07) is 10.5. The average molecular weight is 573 g/mol. The molecule has 0 unspecified atom stereocenters. The van der Waals surface area contributed by atoms with Crippen molar-refractivity contribution in [3.63, 3.8) is 0 Å². The molecule has 0 saturated carbocycles. The summed E-state index contributed by atoms with van der Waals surface area (Å²) in [5.41, 5.74) is 0.742. The van der Waals surface area contributed by atoms with Gasteiger partial charge >= 0.3 is 17.1 Å². The van der Waals surface area contributed by atoms with Crippen molar-refractivity contribution >= 4 is 38.2 Å². The van der Waals surface area contributed by atoms with E-state index in [0.29, 0.717) is 22.3 Å². The number of para-hydroxylation sites is 1. The molecule has 38 heavy (non-hydrogen) atoms. The van der Waals surface area contributed by atoms with Crippen LogP contribution in [0.3, 0.4) is 0 Å². The van der Waals surface area contributed by atoms with Crippen LogP contribution in [0.5, 0.6) is 0 Å². The van der Waals surface area contributed by atoms with Crippen LogP contribution in [0.1, 0.15) is 58.5 Å². The third-order valence-electron chi connectivity index (χ3n) is 5.56. The second-order valence-electron chi connectivity index (χ2n) is 10.6. The molecule has 0 saturated heterocycles. The maximum Gasteiger partial charge on any atom is 2.00 e. The van der Waals surface area contributed by atoms with Gasteiger partial charge in [0.25, 0.3) is 0 Å². The second kappa shape index (κ2) is 10.3. The summed E-state index contributed by atoms with van der Waals surface area (Å²) in [5, 5.41) is 31.6. The Bertz CT molecular complexity index is 1660. The van der Waals surface area contributed by atoms with Gasteiger partial charge in [-0.15, -0.1) is 0 Å². The van der Waals surface area contributed by atoms with Crippen molar-refractivity contribution in [3.05, 3.63) is 58.2 Å². The molecule has 0 spiro atoms. The van der Waals surface area contributed by atoms with Crippen LogP contribution >= 0.6 is 0 Å². The molecule has 0 radical (unpaired) electrons. The van der Waals surface area contributed by atoms with E-state index in [2.05, 4.69) is 41.3 Å². The molecule has 11 nitrogen and oxygen atoms in total. The number of rotatable bonds is 5. The molecule has 3 aromatic heterocycles. The molecule has 13 heteroatoms. The molecule has 0 atom stereocenters. The van der Waals surface area contributed by atoms with Gasteiger partial charge in [0.1, 0.15) is 6.07 Å². The summed E-state index contributed by atoms with van der Waals surface area (Å²) in [6.07, 6.45) is 1.53. The second-order valence-corrected chi connectivity index (χ2v) is 12.2. The monoisotopic (exact) mass is 573 g/mol. The van der Waals surface area contributed by atoms with E-state index < -0.39 is 20.9 Å². The largest absolute Gasteiger partial charge is 2.00 e. The molecule has 3 heterocycles. The van der Waals surface area contributed by atoms with Gasteiger partial charge in [-0.25, -0.2) is 8.42 Å². The summed E-state index contributed by atoms with van der Waals surface area (Å²) in [6.45, 7) is 11.5. The number of pyridine rings is 1. The fourth-order valence-electron chi connectivity index (χ4n) is 3.75. The van der Waals surface area contributed by atoms with E-state index in [4.69, 9.17) is 0 Å². The van der Waals surface area contributed by atoms with Crippen molar-refractivity contribution < 1.29 is 25.5 Å². The predicted octanol–water partition coefficient (Wildman–Crippen LogP) is 5.59. The van der Waals surface area contributed by atoms with E-state index in [1.54, 1.807) is 31.3 Å². The molecule has 198 valence electrons. The maximum atomic E-state index is 13.5. The smallest absolute Gasteiger partial charge is 0.377 e. The van der Waals surface area contributed by atoms with Crippen LogP contribution in [0, 0.1) is 11.3 Å². The maximum absolute atomic E-state index is 13.5. The molecule has 0 aliphatic heterocycles. The topological polar surface area (TPSA) is 154 Å². The molecule has 1 aromatic carbocycles. The zero-order valence-electron chi connectivity index (χ0n) is 22.1. The summed E-state index contributed by atoms with van der Waals surface area (Å²) in [5.74, 6) is 0.0406. The number of nitrogens with zero attached hydrogens (tertiary/aromatic N) is 9. The number of hydrogen-bond acceptors (Lipinski definition) is 8. The van der Waals surface area contributed by atoms with Gasteiger partial charge in [-0.05, 0) is 30.8 Å². The van der Waals surface area contributed by atoms with Crippen LogP contribution in [0.15, 0.2) is 51.7 Å². The zero-order valence-corrected chi connectivity index (χ0v) is 24.0. The van der Waals surface area contributed by atoms with E-state index in [-0.39, 0.29) is 44.9 Å². The molecule has 4 rings (SSSR count). The van der Waals surface area contributed by atoms with E-state index in [1.807, 2.05) is 41.5 Å². The van der Waals surface area contributed by atoms with Gasteiger partial charge < -0.3 is 19.6 Å². The van der Waals surface area contributed by atoms with Crippen molar-refractivity contribution in [2.45, 2.75) is 57.3 Å². The standard InChI is InChI=1S/C25H27N9O2S.Fe/c1-24(2,3)20-16(14-26)22(31-29-20)30-28-19-21(25(4,5)6)32-34(7)23(19)33-37(35,36)17-12-8-10-15-11-9-13-27-18(15)17;/h8-13H,1-7H3;/q-2;+2. The fraction of sp³-hybridized carbons (Fsp3) is 0.360. The third-order valence-corrected chi connectivity index (χ3v) is 6.85. The van der Waals surface area contributed by atoms with Gasteiger partial charge in [0.05, 0.1) is 33.1 Å².